The molecule has 21 heavy (non-hydrogen) atoms. The fraction of sp³-hybridized carbons (Fsp3) is 0.357. The van der Waals surface area contributed by atoms with Gasteiger partial charge in [-0.1, -0.05) is 17.8 Å². The second-order valence-electron chi connectivity index (χ2n) is 4.74. The van der Waals surface area contributed by atoms with Gasteiger partial charge >= 0.3 is 0 Å². The van der Waals surface area contributed by atoms with Gasteiger partial charge in [-0.25, -0.2) is 0 Å². The molecule has 1 heterocycles. The van der Waals surface area contributed by atoms with Gasteiger partial charge in [-0.3, -0.25) is 4.79 Å². The molecule has 0 aliphatic heterocycles. The van der Waals surface area contributed by atoms with Crippen LogP contribution in [0.4, 0.5) is 11.4 Å². The average molecular weight is 305 g/mol. The maximum Gasteiger partial charge on any atom is 0.224 e. The van der Waals surface area contributed by atoms with E-state index in [0.29, 0.717) is 12.1 Å². The number of nitrogens with one attached hydrogen (secondary N) is 1. The molecule has 0 radical (unpaired) electrons. The highest BCUT2D eigenvalue weighted by atomic mass is 32.2. The highest BCUT2D eigenvalue weighted by molar-refractivity contribution is 7.99. The van der Waals surface area contributed by atoms with Crippen molar-refractivity contribution in [2.24, 2.45) is 7.05 Å². The Morgan fingerprint density at radius 1 is 1.48 bits per heavy atom. The zero-order chi connectivity index (χ0) is 15.2. The molecule has 0 unspecified atom stereocenters. The molecule has 0 bridgehead atoms. The van der Waals surface area contributed by atoms with Gasteiger partial charge in [0.1, 0.15) is 6.33 Å². The van der Waals surface area contributed by atoms with Gasteiger partial charge in [0.05, 0.1) is 0 Å². The number of carbonyl (C=O) groups is 1. The number of nitrogens with zero attached hydrogens (tertiary/aromatic N) is 3. The lowest BCUT2D eigenvalue weighted by molar-refractivity contribution is -0.116. The minimum Gasteiger partial charge on any atom is -0.398 e. The molecule has 2 rings (SSSR count). The van der Waals surface area contributed by atoms with Crippen LogP contribution in [0, 0.1) is 6.92 Å². The number of thioether (sulfide) groups is 1. The predicted octanol–water partition coefficient (Wildman–Crippen LogP) is 2.22. The molecule has 7 heteroatoms. The van der Waals surface area contributed by atoms with Crippen LogP contribution in [-0.2, 0) is 11.8 Å². The van der Waals surface area contributed by atoms with Crippen molar-refractivity contribution in [2.75, 3.05) is 16.8 Å². The van der Waals surface area contributed by atoms with Crippen molar-refractivity contribution in [1.82, 2.24) is 14.8 Å². The SMILES string of the molecule is Cc1c(N)cccc1NC(=O)CCCSc1nncn1C. The third-order valence-electron chi connectivity index (χ3n) is 3.10. The number of benzene rings is 1. The van der Waals surface area contributed by atoms with Crippen LogP contribution in [-0.4, -0.2) is 26.4 Å². The van der Waals surface area contributed by atoms with Crippen molar-refractivity contribution in [1.29, 1.82) is 0 Å². The normalized spacial score (nSPS) is 10.6. The molecule has 0 saturated carbocycles. The van der Waals surface area contributed by atoms with Crippen LogP contribution in [0.3, 0.4) is 0 Å². The first-order valence-corrected chi connectivity index (χ1v) is 7.68. The topological polar surface area (TPSA) is 85.8 Å². The van der Waals surface area contributed by atoms with Crippen LogP contribution in [0.25, 0.3) is 0 Å². The average Bonchev–Trinajstić information content (AvgIpc) is 2.86. The molecule has 0 fully saturated rings. The van der Waals surface area contributed by atoms with Crippen molar-refractivity contribution in [3.63, 3.8) is 0 Å². The van der Waals surface area contributed by atoms with Crippen LogP contribution in [0.15, 0.2) is 29.7 Å². The molecule has 3 N–H and O–H groups in total. The Morgan fingerprint density at radius 3 is 3.00 bits per heavy atom. The zero-order valence-corrected chi connectivity index (χ0v) is 13.0. The summed E-state index contributed by atoms with van der Waals surface area (Å²) in [4.78, 5) is 11.9. The molecule has 0 atom stereocenters. The van der Waals surface area contributed by atoms with Gasteiger partial charge in [0.15, 0.2) is 5.16 Å². The van der Waals surface area contributed by atoms with E-state index < -0.39 is 0 Å². The minimum atomic E-state index is 0.00210. The number of nitrogen functional groups attached to an aromatic ring is 1. The molecular weight excluding hydrogens is 286 g/mol. The molecule has 0 saturated heterocycles. The Balaban J connectivity index is 1.75. The number of nitrogens with two attached hydrogens (primary N) is 1. The monoisotopic (exact) mass is 305 g/mol. The van der Waals surface area contributed by atoms with E-state index in [1.807, 2.05) is 36.7 Å². The van der Waals surface area contributed by atoms with Gasteiger partial charge in [0, 0.05) is 30.6 Å². The lowest BCUT2D eigenvalue weighted by atomic mass is 10.1. The number of rotatable bonds is 6. The standard InChI is InChI=1S/C14H19N5OS/c1-10-11(15)5-3-6-12(10)17-13(20)7-4-8-21-14-18-16-9-19(14)2/h3,5-6,9H,4,7-8,15H2,1-2H3,(H,17,20). The number of anilines is 2. The summed E-state index contributed by atoms with van der Waals surface area (Å²) >= 11 is 1.60. The number of aromatic nitrogens is 3. The summed E-state index contributed by atoms with van der Waals surface area (Å²) in [7, 11) is 1.90. The number of hydrogen-bond donors (Lipinski definition) is 2. The number of carbonyl (C=O) groups excluding carboxylic acids is 1. The zero-order valence-electron chi connectivity index (χ0n) is 12.2. The van der Waals surface area contributed by atoms with E-state index in [1.165, 1.54) is 0 Å². The molecule has 2 aromatic rings. The van der Waals surface area contributed by atoms with Crippen molar-refractivity contribution < 1.29 is 4.79 Å². The smallest absolute Gasteiger partial charge is 0.224 e. The third-order valence-corrected chi connectivity index (χ3v) is 4.22. The Kier molecular flexibility index (Phi) is 5.21. The predicted molar refractivity (Wildman–Crippen MR) is 85.2 cm³/mol. The van der Waals surface area contributed by atoms with Gasteiger partial charge in [0.25, 0.3) is 0 Å². The lowest BCUT2D eigenvalue weighted by Gasteiger charge is -2.09. The fourth-order valence-corrected chi connectivity index (χ4v) is 2.63. The van der Waals surface area contributed by atoms with Gasteiger partial charge < -0.3 is 15.6 Å². The van der Waals surface area contributed by atoms with Crippen molar-refractivity contribution >= 4 is 29.0 Å². The largest absolute Gasteiger partial charge is 0.398 e. The molecule has 1 amide bonds. The Morgan fingerprint density at radius 2 is 2.29 bits per heavy atom. The number of aryl methyl sites for hydroxylation is 1. The van der Waals surface area contributed by atoms with Crippen LogP contribution in [0.2, 0.25) is 0 Å². The van der Waals surface area contributed by atoms with E-state index in [-0.39, 0.29) is 5.91 Å². The Bertz CT molecular complexity index is 626. The summed E-state index contributed by atoms with van der Waals surface area (Å²) < 4.78 is 1.86. The molecule has 6 nitrogen and oxygen atoms in total. The molecular formula is C14H19N5OS. The summed E-state index contributed by atoms with van der Waals surface area (Å²) in [5, 5.41) is 11.6. The lowest BCUT2D eigenvalue weighted by Crippen LogP contribution is -2.13. The summed E-state index contributed by atoms with van der Waals surface area (Å²) in [5.74, 6) is 0.831. The van der Waals surface area contributed by atoms with E-state index in [0.717, 1.165) is 28.6 Å². The van der Waals surface area contributed by atoms with Gasteiger partial charge in [-0.15, -0.1) is 10.2 Å². The maximum atomic E-state index is 11.9. The van der Waals surface area contributed by atoms with Gasteiger partial charge in [0.2, 0.25) is 5.91 Å². The van der Waals surface area contributed by atoms with Crippen molar-refractivity contribution in [2.45, 2.75) is 24.9 Å². The molecule has 0 aliphatic rings. The van der Waals surface area contributed by atoms with Crippen LogP contribution in [0.1, 0.15) is 18.4 Å². The molecule has 0 spiro atoms. The maximum absolute atomic E-state index is 11.9. The van der Waals surface area contributed by atoms with E-state index in [9.17, 15) is 4.79 Å². The van der Waals surface area contributed by atoms with Crippen molar-refractivity contribution in [3.05, 3.63) is 30.1 Å². The Labute approximate surface area is 128 Å². The molecule has 0 aliphatic carbocycles. The van der Waals surface area contributed by atoms with Crippen LogP contribution >= 0.6 is 11.8 Å². The fourth-order valence-electron chi connectivity index (χ4n) is 1.80. The molecule has 112 valence electrons. The first-order valence-electron chi connectivity index (χ1n) is 6.69. The van der Waals surface area contributed by atoms with Crippen LogP contribution < -0.4 is 11.1 Å². The number of hydrogen-bond acceptors (Lipinski definition) is 5. The van der Waals surface area contributed by atoms with Gasteiger partial charge in [-0.05, 0) is 31.0 Å². The van der Waals surface area contributed by atoms with Crippen LogP contribution in [0.5, 0.6) is 0 Å². The second-order valence-corrected chi connectivity index (χ2v) is 5.81. The van der Waals surface area contributed by atoms with E-state index in [4.69, 9.17) is 5.73 Å². The molecule has 1 aromatic carbocycles. The van der Waals surface area contributed by atoms with Gasteiger partial charge in [-0.2, -0.15) is 0 Å². The summed E-state index contributed by atoms with van der Waals surface area (Å²) in [6.07, 6.45) is 2.92. The number of amides is 1. The van der Waals surface area contributed by atoms with Crippen molar-refractivity contribution in [3.8, 4) is 0 Å². The molecule has 1 aromatic heterocycles. The minimum absolute atomic E-state index is 0.00210. The van der Waals surface area contributed by atoms with E-state index >= 15 is 0 Å². The van der Waals surface area contributed by atoms with E-state index in [1.54, 1.807) is 18.1 Å². The summed E-state index contributed by atoms with van der Waals surface area (Å²) in [6, 6.07) is 5.52. The first-order chi connectivity index (χ1) is 10.1. The summed E-state index contributed by atoms with van der Waals surface area (Å²) in [5.41, 5.74) is 8.18. The second kappa shape index (κ2) is 7.12. The highest BCUT2D eigenvalue weighted by Crippen LogP contribution is 2.21. The third kappa shape index (κ3) is 4.22. The van der Waals surface area contributed by atoms with E-state index in [2.05, 4.69) is 15.5 Å². The first kappa shape index (κ1) is 15.4. The quantitative estimate of drug-likeness (QED) is 0.485. The summed E-state index contributed by atoms with van der Waals surface area (Å²) in [6.45, 7) is 1.90. The highest BCUT2D eigenvalue weighted by Gasteiger charge is 2.07. The Hall–Kier alpha value is -2.02.